The van der Waals surface area contributed by atoms with Crippen molar-refractivity contribution in [3.05, 3.63) is 23.8 Å². The standard InChI is InChI=1S/C28H43NO11/c1-8-11-14-35-26(32)38-19(7)18(6)23(24(29)25(30)31)20-12-13-21(39-27(33)36-16(4)9-2)22(15-20)40-28(34)37-17(5)10-3/h12-13,15-19,23-24H,8-11,14,29H2,1-7H3,(H,30,31)/t16?,17?,18?,19?,23?,24-/m0/s1. The molecule has 12 nitrogen and oxygen atoms in total. The molecule has 0 fully saturated rings. The number of ether oxygens (including phenoxy) is 6. The molecule has 3 N–H and O–H groups in total. The maximum absolute atomic E-state index is 12.4. The van der Waals surface area contributed by atoms with Gasteiger partial charge in [-0.05, 0) is 57.7 Å². The van der Waals surface area contributed by atoms with Gasteiger partial charge in [0, 0.05) is 11.8 Å². The maximum atomic E-state index is 12.4. The molecule has 0 amide bonds. The topological polar surface area (TPSA) is 170 Å². The van der Waals surface area contributed by atoms with Crippen LogP contribution >= 0.6 is 0 Å². The number of carboxylic acids is 1. The van der Waals surface area contributed by atoms with Crippen molar-refractivity contribution in [2.75, 3.05) is 6.61 Å². The first-order valence-corrected chi connectivity index (χ1v) is 13.6. The van der Waals surface area contributed by atoms with Crippen LogP contribution in [0.5, 0.6) is 11.5 Å². The Labute approximate surface area is 235 Å². The minimum atomic E-state index is -1.43. The van der Waals surface area contributed by atoms with Crippen molar-refractivity contribution in [2.24, 2.45) is 11.7 Å². The smallest absolute Gasteiger partial charge is 0.480 e. The van der Waals surface area contributed by atoms with E-state index >= 15 is 0 Å². The number of unbranched alkanes of at least 4 members (excludes halogenated alkanes) is 1. The third kappa shape index (κ3) is 11.3. The first kappa shape index (κ1) is 34.5. The van der Waals surface area contributed by atoms with E-state index in [1.165, 1.54) is 18.2 Å². The summed E-state index contributed by atoms with van der Waals surface area (Å²) in [5, 5.41) is 9.74. The first-order valence-electron chi connectivity index (χ1n) is 13.6. The molecule has 0 aliphatic heterocycles. The quantitative estimate of drug-likeness (QED) is 0.113. The second-order valence-electron chi connectivity index (χ2n) is 9.61. The van der Waals surface area contributed by atoms with E-state index in [-0.39, 0.29) is 18.1 Å². The summed E-state index contributed by atoms with van der Waals surface area (Å²) in [5.74, 6) is -3.23. The van der Waals surface area contributed by atoms with Gasteiger partial charge in [-0.2, -0.15) is 0 Å². The number of carbonyl (C=O) groups is 4. The van der Waals surface area contributed by atoms with E-state index in [9.17, 15) is 24.3 Å². The number of hydrogen-bond acceptors (Lipinski definition) is 11. The molecule has 0 saturated carbocycles. The average molecular weight is 570 g/mol. The second-order valence-corrected chi connectivity index (χ2v) is 9.61. The van der Waals surface area contributed by atoms with Crippen molar-refractivity contribution >= 4 is 24.4 Å². The lowest BCUT2D eigenvalue weighted by atomic mass is 9.79. The number of aliphatic carboxylic acids is 1. The van der Waals surface area contributed by atoms with Crippen molar-refractivity contribution in [1.82, 2.24) is 0 Å². The summed E-state index contributed by atoms with van der Waals surface area (Å²) in [6.45, 7) is 12.4. The van der Waals surface area contributed by atoms with E-state index in [4.69, 9.17) is 34.2 Å². The van der Waals surface area contributed by atoms with Crippen molar-refractivity contribution < 1.29 is 52.7 Å². The molecular formula is C28H43NO11. The molecule has 0 radical (unpaired) electrons. The van der Waals surface area contributed by atoms with Gasteiger partial charge in [0.1, 0.15) is 24.4 Å². The molecule has 0 aromatic heterocycles. The molecule has 0 saturated heterocycles. The van der Waals surface area contributed by atoms with Crippen LogP contribution in [0.25, 0.3) is 0 Å². The Morgan fingerprint density at radius 2 is 1.38 bits per heavy atom. The normalized spacial score (nSPS) is 15.4. The third-order valence-electron chi connectivity index (χ3n) is 6.46. The van der Waals surface area contributed by atoms with Crippen LogP contribution < -0.4 is 15.2 Å². The predicted octanol–water partition coefficient (Wildman–Crippen LogP) is 5.79. The number of rotatable bonds is 15. The van der Waals surface area contributed by atoms with Crippen LogP contribution in [0.4, 0.5) is 14.4 Å². The zero-order valence-electron chi connectivity index (χ0n) is 24.3. The van der Waals surface area contributed by atoms with Crippen molar-refractivity contribution in [3.8, 4) is 11.5 Å². The molecule has 5 unspecified atom stereocenters. The Morgan fingerprint density at radius 3 is 1.88 bits per heavy atom. The highest BCUT2D eigenvalue weighted by atomic mass is 16.8. The summed E-state index contributed by atoms with van der Waals surface area (Å²) in [4.78, 5) is 48.8. The molecule has 0 spiro atoms. The van der Waals surface area contributed by atoms with Crippen molar-refractivity contribution in [1.29, 1.82) is 0 Å². The maximum Gasteiger partial charge on any atom is 0.514 e. The third-order valence-corrected chi connectivity index (χ3v) is 6.46. The van der Waals surface area contributed by atoms with Crippen LogP contribution in [0, 0.1) is 5.92 Å². The van der Waals surface area contributed by atoms with Crippen molar-refractivity contribution in [3.63, 3.8) is 0 Å². The van der Waals surface area contributed by atoms with E-state index in [0.717, 1.165) is 6.42 Å². The summed E-state index contributed by atoms with van der Waals surface area (Å²) in [5.41, 5.74) is 6.40. The van der Waals surface area contributed by atoms with E-state index in [0.29, 0.717) is 24.8 Å². The summed E-state index contributed by atoms with van der Waals surface area (Å²) < 4.78 is 31.4. The lowest BCUT2D eigenvalue weighted by Gasteiger charge is -2.31. The number of carbonyl (C=O) groups excluding carboxylic acids is 3. The van der Waals surface area contributed by atoms with Crippen LogP contribution in [-0.4, -0.2) is 60.5 Å². The molecule has 0 heterocycles. The van der Waals surface area contributed by atoms with Gasteiger partial charge in [0.15, 0.2) is 11.5 Å². The van der Waals surface area contributed by atoms with Crippen molar-refractivity contribution in [2.45, 2.75) is 104 Å². The number of carboxylic acid groups (broad SMARTS) is 1. The molecule has 6 atom stereocenters. The zero-order valence-corrected chi connectivity index (χ0v) is 24.3. The van der Waals surface area contributed by atoms with Gasteiger partial charge < -0.3 is 39.3 Å². The minimum absolute atomic E-state index is 0.155. The fourth-order valence-electron chi connectivity index (χ4n) is 3.50. The van der Waals surface area contributed by atoms with Crippen LogP contribution in [0.1, 0.15) is 85.6 Å². The first-order chi connectivity index (χ1) is 18.8. The highest BCUT2D eigenvalue weighted by molar-refractivity contribution is 5.75. The lowest BCUT2D eigenvalue weighted by Crippen LogP contribution is -2.42. The molecule has 12 heteroatoms. The second kappa shape index (κ2) is 17.2. The lowest BCUT2D eigenvalue weighted by molar-refractivity contribution is -0.139. The fraction of sp³-hybridized carbons (Fsp3) is 0.643. The van der Waals surface area contributed by atoms with Gasteiger partial charge in [-0.1, -0.05) is 40.2 Å². The van der Waals surface area contributed by atoms with Gasteiger partial charge in [0.2, 0.25) is 0 Å². The van der Waals surface area contributed by atoms with Gasteiger partial charge in [-0.15, -0.1) is 0 Å². The average Bonchev–Trinajstić information content (AvgIpc) is 2.89. The zero-order chi connectivity index (χ0) is 30.4. The highest BCUT2D eigenvalue weighted by Gasteiger charge is 2.36. The van der Waals surface area contributed by atoms with Gasteiger partial charge in [-0.3, -0.25) is 4.79 Å². The molecule has 0 aliphatic carbocycles. The van der Waals surface area contributed by atoms with E-state index in [1.54, 1.807) is 27.7 Å². The molecule has 1 rings (SSSR count). The Bertz CT molecular complexity index is 983. The molecule has 0 bridgehead atoms. The minimum Gasteiger partial charge on any atom is -0.480 e. The molecule has 40 heavy (non-hydrogen) atoms. The Morgan fingerprint density at radius 1 is 0.825 bits per heavy atom. The molecule has 226 valence electrons. The van der Waals surface area contributed by atoms with Gasteiger partial charge >= 0.3 is 24.4 Å². The molecule has 1 aromatic carbocycles. The van der Waals surface area contributed by atoms with Crippen LogP contribution in [0.15, 0.2) is 18.2 Å². The Hall–Kier alpha value is -3.54. The van der Waals surface area contributed by atoms with E-state index in [2.05, 4.69) is 0 Å². The monoisotopic (exact) mass is 569 g/mol. The summed E-state index contributed by atoms with van der Waals surface area (Å²) in [7, 11) is 0. The molecule has 1 aromatic rings. The predicted molar refractivity (Wildman–Crippen MR) is 144 cm³/mol. The summed E-state index contributed by atoms with van der Waals surface area (Å²) in [6.07, 6.45) is -2.01. The Kier molecular flexibility index (Phi) is 14.8. The summed E-state index contributed by atoms with van der Waals surface area (Å²) >= 11 is 0. The SMILES string of the molecule is CCCCOC(=O)OC(C)C(C)C(c1ccc(OC(=O)OC(C)CC)c(OC(=O)OC(C)CC)c1)[C@H](N)C(=O)O. The van der Waals surface area contributed by atoms with Crippen LogP contribution in [0.2, 0.25) is 0 Å². The van der Waals surface area contributed by atoms with Gasteiger partial charge in [0.05, 0.1) is 6.61 Å². The van der Waals surface area contributed by atoms with Gasteiger partial charge in [-0.25, -0.2) is 14.4 Å². The molecular weight excluding hydrogens is 526 g/mol. The number of nitrogens with two attached hydrogens (primary N) is 1. The summed E-state index contributed by atoms with van der Waals surface area (Å²) in [6, 6.07) is 2.71. The largest absolute Gasteiger partial charge is 0.514 e. The number of benzene rings is 1. The van der Waals surface area contributed by atoms with E-state index in [1.807, 2.05) is 20.8 Å². The molecule has 0 aliphatic rings. The Balaban J connectivity index is 3.39. The fourth-order valence-corrected chi connectivity index (χ4v) is 3.50. The number of hydrogen-bond donors (Lipinski definition) is 2. The van der Waals surface area contributed by atoms with Gasteiger partial charge in [0.25, 0.3) is 0 Å². The van der Waals surface area contributed by atoms with E-state index < -0.39 is 60.6 Å². The van der Waals surface area contributed by atoms with Crippen LogP contribution in [-0.2, 0) is 23.7 Å². The van der Waals surface area contributed by atoms with Crippen LogP contribution in [0.3, 0.4) is 0 Å². The highest BCUT2D eigenvalue weighted by Crippen LogP contribution is 2.37.